The van der Waals surface area contributed by atoms with Gasteiger partial charge in [0.05, 0.1) is 5.54 Å². The Labute approximate surface area is 119 Å². The number of nitrogens with one attached hydrogen (secondary N) is 1. The number of carbonyl (C=O) groups is 2. The fourth-order valence-corrected chi connectivity index (χ4v) is 3.60. The van der Waals surface area contributed by atoms with Crippen LogP contribution in [0.4, 0.5) is 9.59 Å². The van der Waals surface area contributed by atoms with Crippen molar-refractivity contribution in [2.45, 2.75) is 57.3 Å². The van der Waals surface area contributed by atoms with Crippen LogP contribution in [0, 0.1) is 0 Å². The number of carbonyl (C=O) groups excluding carboxylic acids is 2. The Morgan fingerprint density at radius 3 is 2.45 bits per heavy atom. The third kappa shape index (κ3) is 2.09. The van der Waals surface area contributed by atoms with Crippen molar-refractivity contribution >= 4 is 12.1 Å². The first-order valence-electron chi connectivity index (χ1n) is 7.08. The van der Waals surface area contributed by atoms with E-state index in [1.807, 2.05) is 18.7 Å². The SMILES string of the molecule is CNC(=O)N(O)[C@H]1N(C)C(=O)N(C2CCCC2)C1(C)C. The molecule has 2 rings (SSSR count). The van der Waals surface area contributed by atoms with Crippen LogP contribution >= 0.6 is 0 Å². The van der Waals surface area contributed by atoms with Gasteiger partial charge in [-0.15, -0.1) is 0 Å². The van der Waals surface area contributed by atoms with Gasteiger partial charge in [-0.2, -0.15) is 5.06 Å². The molecular weight excluding hydrogens is 260 g/mol. The van der Waals surface area contributed by atoms with Gasteiger partial charge in [0.1, 0.15) is 0 Å². The zero-order chi connectivity index (χ0) is 15.1. The molecule has 2 fully saturated rings. The first kappa shape index (κ1) is 14.9. The Morgan fingerprint density at radius 1 is 1.40 bits per heavy atom. The summed E-state index contributed by atoms with van der Waals surface area (Å²) in [6.45, 7) is 3.78. The first-order valence-corrected chi connectivity index (χ1v) is 7.08. The lowest BCUT2D eigenvalue weighted by Crippen LogP contribution is -2.59. The zero-order valence-electron chi connectivity index (χ0n) is 12.6. The van der Waals surface area contributed by atoms with Crippen molar-refractivity contribution in [3.05, 3.63) is 0 Å². The van der Waals surface area contributed by atoms with E-state index in [2.05, 4.69) is 5.32 Å². The molecule has 4 amide bonds. The van der Waals surface area contributed by atoms with Crippen molar-refractivity contribution in [2.75, 3.05) is 14.1 Å². The van der Waals surface area contributed by atoms with Crippen LogP contribution in [0.15, 0.2) is 0 Å². The fraction of sp³-hybridized carbons (Fsp3) is 0.846. The van der Waals surface area contributed by atoms with E-state index in [0.29, 0.717) is 5.06 Å². The molecule has 0 aromatic carbocycles. The van der Waals surface area contributed by atoms with Gasteiger partial charge in [-0.1, -0.05) is 12.8 Å². The summed E-state index contributed by atoms with van der Waals surface area (Å²) in [5.74, 6) is 0. The molecule has 1 atom stereocenters. The number of nitrogens with zero attached hydrogens (tertiary/aromatic N) is 3. The standard InChI is InChI=1S/C13H24N4O3/c1-13(2)10(17(20)11(18)14-3)15(4)12(19)16(13)9-7-5-6-8-9/h9-10,20H,5-8H2,1-4H3,(H,14,18)/t10-/m1/s1. The quantitative estimate of drug-likeness (QED) is 0.595. The van der Waals surface area contributed by atoms with Gasteiger partial charge in [-0.3, -0.25) is 5.21 Å². The average molecular weight is 284 g/mol. The van der Waals surface area contributed by atoms with Crippen LogP contribution < -0.4 is 5.32 Å². The highest BCUT2D eigenvalue weighted by Gasteiger charge is 2.56. The van der Waals surface area contributed by atoms with Crippen molar-refractivity contribution in [3.63, 3.8) is 0 Å². The molecule has 114 valence electrons. The Balaban J connectivity index is 2.30. The molecule has 1 aliphatic carbocycles. The molecule has 7 nitrogen and oxygen atoms in total. The molecule has 0 bridgehead atoms. The molecular formula is C13H24N4O3. The van der Waals surface area contributed by atoms with E-state index in [1.54, 1.807) is 7.05 Å². The van der Waals surface area contributed by atoms with Crippen LogP contribution in [-0.2, 0) is 0 Å². The largest absolute Gasteiger partial charge is 0.342 e. The highest BCUT2D eigenvalue weighted by atomic mass is 16.5. The molecule has 7 heteroatoms. The molecule has 0 spiro atoms. The van der Waals surface area contributed by atoms with Crippen molar-refractivity contribution in [1.82, 2.24) is 20.2 Å². The minimum absolute atomic E-state index is 0.130. The highest BCUT2D eigenvalue weighted by molar-refractivity contribution is 5.81. The molecule has 0 aromatic heterocycles. The third-order valence-electron chi connectivity index (χ3n) is 4.47. The minimum Gasteiger partial charge on any atom is -0.339 e. The van der Waals surface area contributed by atoms with Gasteiger partial charge < -0.3 is 15.1 Å². The lowest BCUT2D eigenvalue weighted by molar-refractivity contribution is -0.130. The van der Waals surface area contributed by atoms with Crippen molar-refractivity contribution in [2.24, 2.45) is 0 Å². The Kier molecular flexibility index (Phi) is 3.82. The van der Waals surface area contributed by atoms with Crippen molar-refractivity contribution < 1.29 is 14.8 Å². The zero-order valence-corrected chi connectivity index (χ0v) is 12.6. The van der Waals surface area contributed by atoms with Crippen LogP contribution in [0.25, 0.3) is 0 Å². The summed E-state index contributed by atoms with van der Waals surface area (Å²) >= 11 is 0. The van der Waals surface area contributed by atoms with E-state index in [1.165, 1.54) is 11.9 Å². The van der Waals surface area contributed by atoms with Crippen LogP contribution in [0.1, 0.15) is 39.5 Å². The van der Waals surface area contributed by atoms with E-state index in [4.69, 9.17) is 0 Å². The molecule has 1 saturated heterocycles. The first-order chi connectivity index (χ1) is 9.32. The van der Waals surface area contributed by atoms with Gasteiger partial charge in [-0.25, -0.2) is 9.59 Å². The fourth-order valence-electron chi connectivity index (χ4n) is 3.60. The third-order valence-corrected chi connectivity index (χ3v) is 4.47. The van der Waals surface area contributed by atoms with Gasteiger partial charge in [-0.05, 0) is 26.7 Å². The number of hydrogen-bond donors (Lipinski definition) is 2. The summed E-state index contributed by atoms with van der Waals surface area (Å²) < 4.78 is 0. The molecule has 2 N–H and O–H groups in total. The predicted octanol–water partition coefficient (Wildman–Crippen LogP) is 1.43. The summed E-state index contributed by atoms with van der Waals surface area (Å²) in [6.07, 6.45) is 3.52. The summed E-state index contributed by atoms with van der Waals surface area (Å²) in [5.41, 5.74) is -0.637. The van der Waals surface area contributed by atoms with Crippen LogP contribution in [0.5, 0.6) is 0 Å². The van der Waals surface area contributed by atoms with Crippen molar-refractivity contribution in [3.8, 4) is 0 Å². The average Bonchev–Trinajstić information content (AvgIpc) is 2.95. The molecule has 20 heavy (non-hydrogen) atoms. The normalized spacial score (nSPS) is 26.2. The van der Waals surface area contributed by atoms with Gasteiger partial charge in [0.25, 0.3) is 0 Å². The lowest BCUT2D eigenvalue weighted by Gasteiger charge is -2.40. The minimum atomic E-state index is -0.699. The van der Waals surface area contributed by atoms with Gasteiger partial charge in [0.15, 0.2) is 6.17 Å². The summed E-state index contributed by atoms with van der Waals surface area (Å²) in [5, 5.41) is 13.1. The van der Waals surface area contributed by atoms with Gasteiger partial charge in [0, 0.05) is 20.1 Å². The maximum absolute atomic E-state index is 12.5. The van der Waals surface area contributed by atoms with Crippen LogP contribution in [0.2, 0.25) is 0 Å². The molecule has 1 aliphatic heterocycles. The lowest BCUT2D eigenvalue weighted by atomic mass is 9.98. The van der Waals surface area contributed by atoms with Crippen LogP contribution in [0.3, 0.4) is 0 Å². The maximum atomic E-state index is 12.5. The molecule has 1 heterocycles. The van der Waals surface area contributed by atoms with E-state index in [9.17, 15) is 14.8 Å². The Morgan fingerprint density at radius 2 is 1.95 bits per heavy atom. The monoisotopic (exact) mass is 284 g/mol. The summed E-state index contributed by atoms with van der Waals surface area (Å²) in [6, 6.07) is -0.547. The second kappa shape index (κ2) is 5.12. The predicted molar refractivity (Wildman–Crippen MR) is 73.2 cm³/mol. The molecule has 0 radical (unpaired) electrons. The van der Waals surface area contributed by atoms with E-state index >= 15 is 0 Å². The molecule has 0 unspecified atom stereocenters. The number of rotatable bonds is 2. The number of urea groups is 2. The second-order valence-corrected chi connectivity index (χ2v) is 6.13. The summed E-state index contributed by atoms with van der Waals surface area (Å²) in [4.78, 5) is 27.5. The number of hydroxylamine groups is 2. The van der Waals surface area contributed by atoms with Gasteiger partial charge >= 0.3 is 12.1 Å². The number of amides is 4. The molecule has 0 aromatic rings. The topological polar surface area (TPSA) is 76.1 Å². The summed E-state index contributed by atoms with van der Waals surface area (Å²) in [7, 11) is 3.07. The van der Waals surface area contributed by atoms with E-state index in [0.717, 1.165) is 25.7 Å². The van der Waals surface area contributed by atoms with E-state index in [-0.39, 0.29) is 12.1 Å². The number of hydrogen-bond acceptors (Lipinski definition) is 3. The van der Waals surface area contributed by atoms with Crippen molar-refractivity contribution in [1.29, 1.82) is 0 Å². The van der Waals surface area contributed by atoms with Crippen LogP contribution in [-0.4, -0.2) is 64.0 Å². The second-order valence-electron chi connectivity index (χ2n) is 6.13. The molecule has 1 saturated carbocycles. The van der Waals surface area contributed by atoms with Gasteiger partial charge in [0.2, 0.25) is 0 Å². The number of likely N-dealkylation sites (N-methyl/N-ethyl adjacent to an activating group) is 1. The highest BCUT2D eigenvalue weighted by Crippen LogP contribution is 2.39. The Bertz CT molecular complexity index is 406. The smallest absolute Gasteiger partial charge is 0.339 e. The van der Waals surface area contributed by atoms with E-state index < -0.39 is 17.7 Å². The maximum Gasteiger partial charge on any atom is 0.342 e. The molecule has 2 aliphatic rings. The Hall–Kier alpha value is -1.50.